The van der Waals surface area contributed by atoms with Gasteiger partial charge in [-0.05, 0) is 17.4 Å². The predicted molar refractivity (Wildman–Crippen MR) is 125 cm³/mol. The molecule has 0 bridgehead atoms. The van der Waals surface area contributed by atoms with Crippen molar-refractivity contribution >= 4 is 29.7 Å². The molecule has 0 spiro atoms. The number of hydrogen-bond donors (Lipinski definition) is 4. The van der Waals surface area contributed by atoms with Gasteiger partial charge in [-0.15, -0.1) is 0 Å². The van der Waals surface area contributed by atoms with E-state index in [-0.39, 0.29) is 12.5 Å². The van der Waals surface area contributed by atoms with Crippen LogP contribution in [0.15, 0.2) is 30.3 Å². The van der Waals surface area contributed by atoms with Crippen LogP contribution in [0.1, 0.15) is 46.1 Å². The van der Waals surface area contributed by atoms with Gasteiger partial charge in [0.05, 0.1) is 0 Å². The first-order valence-corrected chi connectivity index (χ1v) is 11.5. The molecule has 1 aromatic rings. The van der Waals surface area contributed by atoms with E-state index < -0.39 is 66.5 Å². The van der Waals surface area contributed by atoms with Gasteiger partial charge < -0.3 is 25.8 Å². The maximum absolute atomic E-state index is 13.0. The second kappa shape index (κ2) is 14.7. The Morgan fingerprint density at radius 3 is 2.00 bits per heavy atom. The van der Waals surface area contributed by atoms with E-state index in [1.54, 1.807) is 58.0 Å². The fourth-order valence-corrected chi connectivity index (χ4v) is 3.19. The largest absolute Gasteiger partial charge is 0.475 e. The Morgan fingerprint density at radius 1 is 0.917 bits per heavy atom. The van der Waals surface area contributed by atoms with Crippen LogP contribution in [0.4, 0.5) is 13.6 Å². The van der Waals surface area contributed by atoms with Gasteiger partial charge in [0.2, 0.25) is 18.2 Å². The Morgan fingerprint density at radius 2 is 1.50 bits per heavy atom. The number of alkyl halides is 2. The fraction of sp³-hybridized carbons (Fsp3) is 0.542. The molecule has 0 saturated carbocycles. The SMILES string of the molecule is CCC(C)[C@H](NC(=O)OCc1ccccc1)C(=O)N[C@H](C(=O)N[C@@H](CC(F)F)C(=O)C(=O)O)C(C)C. The normalized spacial score (nSPS) is 14.3. The number of nitrogens with one attached hydrogen (secondary N) is 3. The van der Waals surface area contributed by atoms with Crippen molar-refractivity contribution in [2.45, 2.75) is 71.7 Å². The van der Waals surface area contributed by atoms with Crippen LogP contribution in [-0.4, -0.2) is 59.3 Å². The molecule has 36 heavy (non-hydrogen) atoms. The van der Waals surface area contributed by atoms with E-state index in [9.17, 15) is 32.8 Å². The minimum absolute atomic E-state index is 0.0261. The van der Waals surface area contributed by atoms with Crippen LogP contribution in [0.2, 0.25) is 0 Å². The zero-order chi connectivity index (χ0) is 27.4. The van der Waals surface area contributed by atoms with Gasteiger partial charge in [-0.25, -0.2) is 18.4 Å². The van der Waals surface area contributed by atoms with E-state index in [4.69, 9.17) is 9.84 Å². The van der Waals surface area contributed by atoms with Crippen molar-refractivity contribution in [3.8, 4) is 0 Å². The van der Waals surface area contributed by atoms with Crippen molar-refractivity contribution in [3.05, 3.63) is 35.9 Å². The average molecular weight is 514 g/mol. The summed E-state index contributed by atoms with van der Waals surface area (Å²) >= 11 is 0. The van der Waals surface area contributed by atoms with Gasteiger partial charge in [-0.1, -0.05) is 64.4 Å². The number of ketones is 1. The van der Waals surface area contributed by atoms with E-state index in [2.05, 4.69) is 10.6 Å². The number of carboxylic acid groups (broad SMARTS) is 1. The smallest absolute Gasteiger partial charge is 0.408 e. The first-order chi connectivity index (χ1) is 16.9. The van der Waals surface area contributed by atoms with Crippen LogP contribution in [0.5, 0.6) is 0 Å². The highest BCUT2D eigenvalue weighted by Gasteiger charge is 2.35. The van der Waals surface area contributed by atoms with E-state index in [1.807, 2.05) is 5.32 Å². The topological polar surface area (TPSA) is 151 Å². The lowest BCUT2D eigenvalue weighted by Gasteiger charge is -2.28. The Balaban J connectivity index is 2.94. The van der Waals surface area contributed by atoms with Crippen molar-refractivity contribution in [1.82, 2.24) is 16.0 Å². The predicted octanol–water partition coefficient (Wildman–Crippen LogP) is 2.26. The van der Waals surface area contributed by atoms with Crippen molar-refractivity contribution in [2.24, 2.45) is 11.8 Å². The lowest BCUT2D eigenvalue weighted by molar-refractivity contribution is -0.151. The molecule has 0 aliphatic carbocycles. The zero-order valence-corrected chi connectivity index (χ0v) is 20.6. The summed E-state index contributed by atoms with van der Waals surface area (Å²) in [6.07, 6.45) is -4.61. The Bertz CT molecular complexity index is 912. The van der Waals surface area contributed by atoms with Crippen molar-refractivity contribution < 1.29 is 42.6 Å². The van der Waals surface area contributed by atoms with Gasteiger partial charge in [0, 0.05) is 6.42 Å². The van der Waals surface area contributed by atoms with Crippen LogP contribution >= 0.6 is 0 Å². The fourth-order valence-electron chi connectivity index (χ4n) is 3.19. The number of carbonyl (C=O) groups is 5. The lowest BCUT2D eigenvalue weighted by Crippen LogP contribution is -2.59. The van der Waals surface area contributed by atoms with Gasteiger partial charge in [0.15, 0.2) is 0 Å². The molecule has 10 nitrogen and oxygen atoms in total. The molecule has 0 aromatic heterocycles. The Labute approximate surface area is 208 Å². The second-order valence-corrected chi connectivity index (χ2v) is 8.66. The van der Waals surface area contributed by atoms with Crippen LogP contribution < -0.4 is 16.0 Å². The summed E-state index contributed by atoms with van der Waals surface area (Å²) in [5, 5.41) is 15.8. The van der Waals surface area contributed by atoms with E-state index in [0.29, 0.717) is 6.42 Å². The summed E-state index contributed by atoms with van der Waals surface area (Å²) in [7, 11) is 0. The molecule has 0 aliphatic heterocycles. The third-order valence-corrected chi connectivity index (χ3v) is 5.49. The van der Waals surface area contributed by atoms with Crippen LogP contribution in [-0.2, 0) is 30.5 Å². The molecule has 1 rings (SSSR count). The van der Waals surface area contributed by atoms with E-state index in [1.165, 1.54) is 0 Å². The first-order valence-electron chi connectivity index (χ1n) is 11.5. The summed E-state index contributed by atoms with van der Waals surface area (Å²) in [4.78, 5) is 60.8. The summed E-state index contributed by atoms with van der Waals surface area (Å²) in [6.45, 7) is 6.59. The van der Waals surface area contributed by atoms with Crippen molar-refractivity contribution in [3.63, 3.8) is 0 Å². The van der Waals surface area contributed by atoms with Crippen molar-refractivity contribution in [1.29, 1.82) is 0 Å². The number of amides is 3. The Hall–Kier alpha value is -3.57. The maximum Gasteiger partial charge on any atom is 0.408 e. The molecule has 0 saturated heterocycles. The summed E-state index contributed by atoms with van der Waals surface area (Å²) in [6, 6.07) is 4.52. The van der Waals surface area contributed by atoms with Crippen LogP contribution in [0, 0.1) is 11.8 Å². The third kappa shape index (κ3) is 9.96. The van der Waals surface area contributed by atoms with Crippen LogP contribution in [0.25, 0.3) is 0 Å². The number of ether oxygens (including phenoxy) is 1. The van der Waals surface area contributed by atoms with E-state index in [0.717, 1.165) is 5.56 Å². The molecule has 3 amide bonds. The number of carbonyl (C=O) groups excluding carboxylic acids is 4. The lowest BCUT2D eigenvalue weighted by atomic mass is 9.96. The third-order valence-electron chi connectivity index (χ3n) is 5.49. The summed E-state index contributed by atoms with van der Waals surface area (Å²) in [5.41, 5.74) is 0.739. The summed E-state index contributed by atoms with van der Waals surface area (Å²) in [5.74, 6) is -6.24. The highest BCUT2D eigenvalue weighted by atomic mass is 19.3. The van der Waals surface area contributed by atoms with Gasteiger partial charge >= 0.3 is 12.1 Å². The molecule has 1 unspecified atom stereocenters. The molecule has 4 atom stereocenters. The van der Waals surface area contributed by atoms with E-state index >= 15 is 0 Å². The van der Waals surface area contributed by atoms with Crippen LogP contribution in [0.3, 0.4) is 0 Å². The highest BCUT2D eigenvalue weighted by Crippen LogP contribution is 2.12. The number of Topliss-reactive ketones (excluding diaryl/α,β-unsaturated/α-hetero) is 1. The molecule has 0 heterocycles. The quantitative estimate of drug-likeness (QED) is 0.279. The number of halogens is 2. The minimum Gasteiger partial charge on any atom is -0.475 e. The molecular formula is C24H33F2N3O7. The van der Waals surface area contributed by atoms with Gasteiger partial charge in [0.25, 0.3) is 5.78 Å². The van der Waals surface area contributed by atoms with Gasteiger partial charge in [-0.2, -0.15) is 0 Å². The van der Waals surface area contributed by atoms with Gasteiger partial charge in [0.1, 0.15) is 24.7 Å². The number of carboxylic acids is 1. The van der Waals surface area contributed by atoms with Crippen molar-refractivity contribution in [2.75, 3.05) is 0 Å². The summed E-state index contributed by atoms with van der Waals surface area (Å²) < 4.78 is 30.8. The Kier molecular flexibility index (Phi) is 12.5. The molecule has 0 aliphatic rings. The second-order valence-electron chi connectivity index (χ2n) is 8.66. The molecule has 200 valence electrons. The average Bonchev–Trinajstić information content (AvgIpc) is 2.82. The number of rotatable bonds is 14. The first kappa shape index (κ1) is 30.5. The monoisotopic (exact) mass is 513 g/mol. The highest BCUT2D eigenvalue weighted by molar-refractivity contribution is 6.35. The number of benzene rings is 1. The molecular weight excluding hydrogens is 480 g/mol. The number of aliphatic carboxylic acids is 1. The number of alkyl carbamates (subject to hydrolysis) is 1. The molecule has 0 radical (unpaired) electrons. The zero-order valence-electron chi connectivity index (χ0n) is 20.6. The molecule has 12 heteroatoms. The number of hydrogen-bond acceptors (Lipinski definition) is 6. The molecule has 4 N–H and O–H groups in total. The van der Waals surface area contributed by atoms with Gasteiger partial charge in [-0.3, -0.25) is 14.4 Å². The standard InChI is InChI=1S/C24H33F2N3O7/c1-5-14(4)19(29-24(35)36-12-15-9-7-6-8-10-15)22(32)28-18(13(2)3)21(31)27-16(11-17(25)26)20(30)23(33)34/h6-10,13-14,16-19H,5,11-12H2,1-4H3,(H,27,31)(H,28,32)(H,29,35)(H,33,34)/t14?,16-,18-,19-/m0/s1. The minimum atomic E-state index is -3.05. The molecule has 0 fully saturated rings. The molecule has 1 aromatic carbocycles. The maximum atomic E-state index is 13.0.